The average molecular weight is 412 g/mol. The summed E-state index contributed by atoms with van der Waals surface area (Å²) in [4.78, 5) is 12.8. The van der Waals surface area contributed by atoms with Crippen LogP contribution in [-0.4, -0.2) is 36.4 Å². The lowest BCUT2D eigenvalue weighted by molar-refractivity contribution is 0.135. The molecule has 0 saturated carbocycles. The van der Waals surface area contributed by atoms with Gasteiger partial charge in [-0.15, -0.1) is 5.10 Å². The topological polar surface area (TPSA) is 79.6 Å². The molecule has 0 spiro atoms. The first-order valence-corrected chi connectivity index (χ1v) is 10.5. The Kier molecular flexibility index (Phi) is 4.79. The lowest BCUT2D eigenvalue weighted by Gasteiger charge is -2.22. The Balaban J connectivity index is 1.57. The molecule has 0 unspecified atom stereocenters. The van der Waals surface area contributed by atoms with Crippen LogP contribution in [0.15, 0.2) is 67.0 Å². The normalized spacial score (nSPS) is 12.1. The van der Waals surface area contributed by atoms with E-state index in [4.69, 9.17) is 10.1 Å². The third kappa shape index (κ3) is 3.82. The molecule has 3 heterocycles. The molecule has 0 aliphatic heterocycles. The van der Waals surface area contributed by atoms with E-state index in [9.17, 15) is 5.11 Å². The third-order valence-corrected chi connectivity index (χ3v) is 5.64. The van der Waals surface area contributed by atoms with Crippen molar-refractivity contribution in [2.75, 3.05) is 6.61 Å². The van der Waals surface area contributed by atoms with Crippen LogP contribution in [0.1, 0.15) is 25.2 Å². The molecule has 0 bridgehead atoms. The zero-order chi connectivity index (χ0) is 21.4. The molecule has 5 aromatic rings. The highest BCUT2D eigenvalue weighted by Crippen LogP contribution is 2.25. The number of para-hydroxylation sites is 1. The van der Waals surface area contributed by atoms with E-state index >= 15 is 0 Å². The SMILES string of the molecule is CC(C)(CO)Cn1nc(-c2cc3ccccc3cn2)nc1Cc1c[nH]c2ccccc12. The number of nitrogens with zero attached hydrogens (tertiary/aromatic N) is 4. The molecule has 6 heteroatoms. The van der Waals surface area contributed by atoms with Gasteiger partial charge in [0.1, 0.15) is 11.5 Å². The van der Waals surface area contributed by atoms with Gasteiger partial charge in [-0.2, -0.15) is 0 Å². The van der Waals surface area contributed by atoms with Crippen LogP contribution in [0.25, 0.3) is 33.2 Å². The summed E-state index contributed by atoms with van der Waals surface area (Å²) >= 11 is 0. The van der Waals surface area contributed by atoms with Gasteiger partial charge in [0.2, 0.25) is 0 Å². The van der Waals surface area contributed by atoms with Crippen molar-refractivity contribution in [2.45, 2.75) is 26.8 Å². The maximum absolute atomic E-state index is 9.81. The van der Waals surface area contributed by atoms with Crippen molar-refractivity contribution in [1.82, 2.24) is 24.7 Å². The van der Waals surface area contributed by atoms with Crippen molar-refractivity contribution in [3.05, 3.63) is 78.4 Å². The Morgan fingerprint density at radius 3 is 2.65 bits per heavy atom. The van der Waals surface area contributed by atoms with E-state index in [1.807, 2.05) is 67.3 Å². The van der Waals surface area contributed by atoms with Crippen LogP contribution in [0.4, 0.5) is 0 Å². The van der Waals surface area contributed by atoms with Crippen LogP contribution < -0.4 is 0 Å². The van der Waals surface area contributed by atoms with Gasteiger partial charge in [-0.1, -0.05) is 56.3 Å². The van der Waals surface area contributed by atoms with Gasteiger partial charge in [0, 0.05) is 47.1 Å². The van der Waals surface area contributed by atoms with E-state index in [1.165, 1.54) is 10.9 Å². The van der Waals surface area contributed by atoms with E-state index in [-0.39, 0.29) is 12.0 Å². The molecule has 0 aliphatic rings. The van der Waals surface area contributed by atoms with Gasteiger partial charge in [0.25, 0.3) is 0 Å². The summed E-state index contributed by atoms with van der Waals surface area (Å²) in [5, 5.41) is 18.0. The number of aliphatic hydroxyl groups excluding tert-OH is 1. The van der Waals surface area contributed by atoms with Crippen LogP contribution in [0.2, 0.25) is 0 Å². The van der Waals surface area contributed by atoms with Crippen molar-refractivity contribution in [3.63, 3.8) is 0 Å². The van der Waals surface area contributed by atoms with Gasteiger partial charge in [0.05, 0.1) is 6.54 Å². The summed E-state index contributed by atoms with van der Waals surface area (Å²) in [6.45, 7) is 4.70. The van der Waals surface area contributed by atoms with E-state index < -0.39 is 0 Å². The second-order valence-electron chi connectivity index (χ2n) is 8.78. The van der Waals surface area contributed by atoms with Crippen LogP contribution in [-0.2, 0) is 13.0 Å². The summed E-state index contributed by atoms with van der Waals surface area (Å²) in [6.07, 6.45) is 4.54. The summed E-state index contributed by atoms with van der Waals surface area (Å²) < 4.78 is 1.92. The predicted molar refractivity (Wildman–Crippen MR) is 123 cm³/mol. The Hall–Kier alpha value is -3.51. The predicted octanol–water partition coefficient (Wildman–Crippen LogP) is 4.58. The summed E-state index contributed by atoms with van der Waals surface area (Å²) in [7, 11) is 0. The van der Waals surface area contributed by atoms with E-state index in [0.717, 1.165) is 27.8 Å². The summed E-state index contributed by atoms with van der Waals surface area (Å²) in [6, 6.07) is 18.4. The molecule has 3 aromatic heterocycles. The molecule has 0 atom stereocenters. The number of pyridine rings is 1. The molecule has 5 rings (SSSR count). The highest BCUT2D eigenvalue weighted by atomic mass is 16.3. The van der Waals surface area contributed by atoms with Crippen LogP contribution >= 0.6 is 0 Å². The molecule has 31 heavy (non-hydrogen) atoms. The first kappa shape index (κ1) is 19.5. The van der Waals surface area contributed by atoms with Gasteiger partial charge in [-0.25, -0.2) is 9.67 Å². The zero-order valence-electron chi connectivity index (χ0n) is 17.7. The average Bonchev–Trinajstić information content (AvgIpc) is 3.38. The molecule has 2 aromatic carbocycles. The maximum Gasteiger partial charge on any atom is 0.200 e. The molecule has 156 valence electrons. The van der Waals surface area contributed by atoms with Gasteiger partial charge in [0.15, 0.2) is 5.82 Å². The number of benzene rings is 2. The second kappa shape index (κ2) is 7.63. The Morgan fingerprint density at radius 1 is 1.03 bits per heavy atom. The van der Waals surface area contributed by atoms with E-state index in [2.05, 4.69) is 28.2 Å². The van der Waals surface area contributed by atoms with Gasteiger partial charge >= 0.3 is 0 Å². The maximum atomic E-state index is 9.81. The van der Waals surface area contributed by atoms with Crippen LogP contribution in [0, 0.1) is 5.41 Å². The first-order valence-electron chi connectivity index (χ1n) is 10.5. The lowest BCUT2D eigenvalue weighted by atomic mass is 9.95. The summed E-state index contributed by atoms with van der Waals surface area (Å²) in [5.74, 6) is 1.46. The fraction of sp³-hybridized carbons (Fsp3) is 0.240. The molecule has 0 radical (unpaired) electrons. The Labute approximate surface area is 180 Å². The van der Waals surface area contributed by atoms with Crippen molar-refractivity contribution < 1.29 is 5.11 Å². The molecule has 0 amide bonds. The van der Waals surface area contributed by atoms with Crippen molar-refractivity contribution in [2.24, 2.45) is 5.41 Å². The quantitative estimate of drug-likeness (QED) is 0.428. The molecule has 0 aliphatic carbocycles. The smallest absolute Gasteiger partial charge is 0.200 e. The molecular weight excluding hydrogens is 386 g/mol. The number of hydrogen-bond donors (Lipinski definition) is 2. The number of H-pyrrole nitrogens is 1. The van der Waals surface area contributed by atoms with E-state index in [0.29, 0.717) is 18.8 Å². The minimum atomic E-state index is -0.309. The zero-order valence-corrected chi connectivity index (χ0v) is 17.7. The number of hydrogen-bond acceptors (Lipinski definition) is 4. The number of rotatable bonds is 6. The van der Waals surface area contributed by atoms with E-state index in [1.54, 1.807) is 0 Å². The first-order chi connectivity index (χ1) is 15.0. The third-order valence-electron chi connectivity index (χ3n) is 5.64. The van der Waals surface area contributed by atoms with Gasteiger partial charge in [-0.3, -0.25) is 4.98 Å². The van der Waals surface area contributed by atoms with Gasteiger partial charge < -0.3 is 10.1 Å². The molecule has 0 saturated heterocycles. The highest BCUT2D eigenvalue weighted by molar-refractivity contribution is 5.84. The number of aliphatic hydroxyl groups is 1. The number of aromatic amines is 1. The highest BCUT2D eigenvalue weighted by Gasteiger charge is 2.22. The standard InChI is InChI=1S/C25H25N5O/c1-25(2,16-31)15-30-23(12-19-14-26-21-10-6-5-9-20(19)21)28-24(29-30)22-11-17-7-3-4-8-18(17)13-27-22/h3-11,13-14,26,31H,12,15-16H2,1-2H3. The summed E-state index contributed by atoms with van der Waals surface area (Å²) in [5.41, 5.74) is 2.72. The van der Waals surface area contributed by atoms with Crippen LogP contribution in [0.5, 0.6) is 0 Å². The molecule has 6 nitrogen and oxygen atoms in total. The Bertz CT molecular complexity index is 1360. The number of fused-ring (bicyclic) bond motifs is 2. The molecule has 0 fully saturated rings. The minimum absolute atomic E-state index is 0.0724. The van der Waals surface area contributed by atoms with Crippen LogP contribution in [0.3, 0.4) is 0 Å². The molecule has 2 N–H and O–H groups in total. The second-order valence-corrected chi connectivity index (χ2v) is 8.78. The van der Waals surface area contributed by atoms with Crippen molar-refractivity contribution in [3.8, 4) is 11.5 Å². The largest absolute Gasteiger partial charge is 0.396 e. The monoisotopic (exact) mass is 411 g/mol. The minimum Gasteiger partial charge on any atom is -0.396 e. The Morgan fingerprint density at radius 2 is 1.81 bits per heavy atom. The fourth-order valence-electron chi connectivity index (χ4n) is 3.85. The number of aromatic nitrogens is 5. The lowest BCUT2D eigenvalue weighted by Crippen LogP contribution is -2.25. The van der Waals surface area contributed by atoms with Gasteiger partial charge in [-0.05, 0) is 23.1 Å². The van der Waals surface area contributed by atoms with Crippen molar-refractivity contribution in [1.29, 1.82) is 0 Å². The fourth-order valence-corrected chi connectivity index (χ4v) is 3.85. The number of nitrogens with one attached hydrogen (secondary N) is 1. The van der Waals surface area contributed by atoms with Crippen molar-refractivity contribution >= 4 is 21.7 Å². The molecular formula is C25H25N5O.